The first-order valence-electron chi connectivity index (χ1n) is 10.9. The average Bonchev–Trinajstić information content (AvgIpc) is 2.92. The van der Waals surface area contributed by atoms with Crippen LogP contribution >= 0.6 is 0 Å². The number of carbonyl (C=O) groups is 2. The van der Waals surface area contributed by atoms with Crippen molar-refractivity contribution in [1.82, 2.24) is 9.80 Å². The molecule has 5 rings (SSSR count). The van der Waals surface area contributed by atoms with Gasteiger partial charge in [0.25, 0.3) is 0 Å². The lowest BCUT2D eigenvalue weighted by molar-refractivity contribution is -0.173. The van der Waals surface area contributed by atoms with Gasteiger partial charge in [-0.25, -0.2) is 0 Å². The molecule has 4 nitrogen and oxygen atoms in total. The number of amides is 2. The van der Waals surface area contributed by atoms with Crippen LogP contribution in [0.15, 0.2) is 30.3 Å². The van der Waals surface area contributed by atoms with Gasteiger partial charge in [0.05, 0.1) is 18.4 Å². The van der Waals surface area contributed by atoms with E-state index in [9.17, 15) is 9.59 Å². The van der Waals surface area contributed by atoms with E-state index in [1.165, 1.54) is 38.5 Å². The van der Waals surface area contributed by atoms with Crippen molar-refractivity contribution in [3.8, 4) is 0 Å². The number of carbonyl (C=O) groups excluding carboxylic acids is 2. The van der Waals surface area contributed by atoms with Crippen LogP contribution in [-0.4, -0.2) is 40.7 Å². The van der Waals surface area contributed by atoms with E-state index in [0.717, 1.165) is 31.5 Å². The third kappa shape index (κ3) is 2.60. The summed E-state index contributed by atoms with van der Waals surface area (Å²) in [6, 6.07) is 10.3. The standard InChI is InChI=1S/C23H30N2O2/c26-21-18-19(22(27)25(21)16-17-10-4-1-5-11-17)23(12-6-2-7-13-23)20(18)24-14-8-3-9-15-24/h1,4-5,10-11,18-20H,2-3,6-9,12-16H2. The summed E-state index contributed by atoms with van der Waals surface area (Å²) in [5, 5.41) is 0. The van der Waals surface area contributed by atoms with Crippen molar-refractivity contribution >= 4 is 11.8 Å². The van der Waals surface area contributed by atoms with Crippen molar-refractivity contribution < 1.29 is 9.59 Å². The minimum absolute atomic E-state index is 0.0547. The Bertz CT molecular complexity index is 719. The number of nitrogens with zero attached hydrogens (tertiary/aromatic N) is 2. The second-order valence-electron chi connectivity index (χ2n) is 9.09. The van der Waals surface area contributed by atoms with Gasteiger partial charge in [0.15, 0.2) is 0 Å². The monoisotopic (exact) mass is 366 g/mol. The summed E-state index contributed by atoms with van der Waals surface area (Å²) in [5.41, 5.74) is 1.12. The molecule has 2 heterocycles. The number of likely N-dealkylation sites (tertiary alicyclic amines) is 2. The number of benzene rings is 1. The van der Waals surface area contributed by atoms with Crippen LogP contribution < -0.4 is 0 Å². The Labute approximate surface area is 161 Å². The Balaban J connectivity index is 1.45. The lowest BCUT2D eigenvalue weighted by Crippen LogP contribution is -2.69. The molecule has 1 spiro atoms. The maximum atomic E-state index is 13.4. The van der Waals surface area contributed by atoms with Gasteiger partial charge < -0.3 is 0 Å². The third-order valence-electron chi connectivity index (χ3n) is 7.74. The van der Waals surface area contributed by atoms with Gasteiger partial charge in [-0.2, -0.15) is 0 Å². The molecule has 3 unspecified atom stereocenters. The van der Waals surface area contributed by atoms with Crippen molar-refractivity contribution in [1.29, 1.82) is 0 Å². The van der Waals surface area contributed by atoms with Crippen LogP contribution in [-0.2, 0) is 16.1 Å². The molecule has 0 aromatic heterocycles. The SMILES string of the molecule is O=C1C2C(C(=O)N1Cc1ccccc1)C1(CCCCC1)C2N1CCCCC1. The molecule has 4 heteroatoms. The number of rotatable bonds is 3. The summed E-state index contributed by atoms with van der Waals surface area (Å²) in [6.45, 7) is 2.65. The Hall–Kier alpha value is -1.68. The van der Waals surface area contributed by atoms with Crippen LogP contribution in [0.5, 0.6) is 0 Å². The van der Waals surface area contributed by atoms with Crippen molar-refractivity contribution in [2.24, 2.45) is 17.3 Å². The molecule has 2 amide bonds. The van der Waals surface area contributed by atoms with Crippen LogP contribution in [0.2, 0.25) is 0 Å². The van der Waals surface area contributed by atoms with E-state index in [2.05, 4.69) is 4.90 Å². The molecule has 144 valence electrons. The van der Waals surface area contributed by atoms with Gasteiger partial charge in [0.2, 0.25) is 11.8 Å². The summed E-state index contributed by atoms with van der Waals surface area (Å²) in [7, 11) is 0. The van der Waals surface area contributed by atoms with Crippen molar-refractivity contribution in [3.05, 3.63) is 35.9 Å². The highest BCUT2D eigenvalue weighted by atomic mass is 16.2. The molecular weight excluding hydrogens is 336 g/mol. The molecule has 27 heavy (non-hydrogen) atoms. The molecule has 1 aromatic rings. The Morgan fingerprint density at radius 3 is 2.22 bits per heavy atom. The van der Waals surface area contributed by atoms with Crippen LogP contribution in [0, 0.1) is 17.3 Å². The summed E-state index contributed by atoms with van der Waals surface area (Å²) in [6.07, 6.45) is 9.75. The second-order valence-corrected chi connectivity index (χ2v) is 9.09. The van der Waals surface area contributed by atoms with Gasteiger partial charge in [0, 0.05) is 6.04 Å². The number of hydrogen-bond donors (Lipinski definition) is 0. The van der Waals surface area contributed by atoms with Crippen LogP contribution in [0.25, 0.3) is 0 Å². The minimum atomic E-state index is -0.0857. The molecule has 2 aliphatic carbocycles. The fraction of sp³-hybridized carbons (Fsp3) is 0.652. The molecular formula is C23H30N2O2. The largest absolute Gasteiger partial charge is 0.299 e. The predicted molar refractivity (Wildman–Crippen MR) is 104 cm³/mol. The van der Waals surface area contributed by atoms with Gasteiger partial charge >= 0.3 is 0 Å². The first-order chi connectivity index (χ1) is 13.2. The summed E-state index contributed by atoms with van der Waals surface area (Å²) in [5.74, 6) is 0.0722. The van der Waals surface area contributed by atoms with E-state index in [-0.39, 0.29) is 29.1 Å². The smallest absolute Gasteiger partial charge is 0.235 e. The number of fused-ring (bicyclic) bond motifs is 2. The highest BCUT2D eigenvalue weighted by Crippen LogP contribution is 2.64. The van der Waals surface area contributed by atoms with Gasteiger partial charge in [0.1, 0.15) is 0 Å². The van der Waals surface area contributed by atoms with E-state index in [0.29, 0.717) is 12.6 Å². The predicted octanol–water partition coefficient (Wildman–Crippen LogP) is 3.61. The Morgan fingerprint density at radius 1 is 0.852 bits per heavy atom. The van der Waals surface area contributed by atoms with Crippen molar-refractivity contribution in [2.45, 2.75) is 64.0 Å². The van der Waals surface area contributed by atoms with Gasteiger partial charge in [-0.3, -0.25) is 19.4 Å². The van der Waals surface area contributed by atoms with E-state index in [1.807, 2.05) is 30.3 Å². The van der Waals surface area contributed by atoms with Gasteiger partial charge in [-0.05, 0) is 49.8 Å². The maximum Gasteiger partial charge on any atom is 0.235 e. The van der Waals surface area contributed by atoms with Crippen molar-refractivity contribution in [3.63, 3.8) is 0 Å². The normalized spacial score (nSPS) is 33.2. The first kappa shape index (κ1) is 17.4. The van der Waals surface area contributed by atoms with Gasteiger partial charge in [-0.15, -0.1) is 0 Å². The fourth-order valence-electron chi connectivity index (χ4n) is 6.62. The zero-order valence-electron chi connectivity index (χ0n) is 16.1. The molecule has 2 aliphatic heterocycles. The lowest BCUT2D eigenvalue weighted by atomic mass is 9.45. The number of piperidine rings is 1. The molecule has 0 N–H and O–H groups in total. The van der Waals surface area contributed by atoms with Crippen molar-refractivity contribution in [2.75, 3.05) is 13.1 Å². The Kier molecular flexibility index (Phi) is 4.34. The molecule has 4 fully saturated rings. The Morgan fingerprint density at radius 2 is 1.52 bits per heavy atom. The summed E-state index contributed by atoms with van der Waals surface area (Å²) < 4.78 is 0. The summed E-state index contributed by atoms with van der Waals surface area (Å²) in [4.78, 5) is 30.9. The minimum Gasteiger partial charge on any atom is -0.299 e. The van der Waals surface area contributed by atoms with E-state index < -0.39 is 0 Å². The van der Waals surface area contributed by atoms with Crippen LogP contribution in [0.1, 0.15) is 56.9 Å². The molecule has 0 radical (unpaired) electrons. The molecule has 1 aromatic carbocycles. The molecule has 2 saturated carbocycles. The maximum absolute atomic E-state index is 13.4. The topological polar surface area (TPSA) is 40.6 Å². The quantitative estimate of drug-likeness (QED) is 0.768. The molecule has 4 aliphatic rings. The van der Waals surface area contributed by atoms with E-state index >= 15 is 0 Å². The number of hydrogen-bond acceptors (Lipinski definition) is 3. The number of imide groups is 1. The zero-order valence-corrected chi connectivity index (χ0v) is 16.1. The third-order valence-corrected chi connectivity index (χ3v) is 7.74. The zero-order chi connectivity index (χ0) is 18.4. The molecule has 2 saturated heterocycles. The van der Waals surface area contributed by atoms with E-state index in [4.69, 9.17) is 0 Å². The van der Waals surface area contributed by atoms with Crippen LogP contribution in [0.3, 0.4) is 0 Å². The van der Waals surface area contributed by atoms with Crippen LogP contribution in [0.4, 0.5) is 0 Å². The highest BCUT2D eigenvalue weighted by molar-refractivity contribution is 6.07. The summed E-state index contributed by atoms with van der Waals surface area (Å²) >= 11 is 0. The molecule has 3 atom stereocenters. The van der Waals surface area contributed by atoms with E-state index in [1.54, 1.807) is 4.90 Å². The van der Waals surface area contributed by atoms with Gasteiger partial charge in [-0.1, -0.05) is 56.0 Å². The highest BCUT2D eigenvalue weighted by Gasteiger charge is 2.72. The average molecular weight is 367 g/mol. The fourth-order valence-corrected chi connectivity index (χ4v) is 6.62. The lowest BCUT2D eigenvalue weighted by Gasteiger charge is -2.62. The molecule has 0 bridgehead atoms. The first-order valence-corrected chi connectivity index (χ1v) is 10.9. The second kappa shape index (κ2) is 6.73.